The van der Waals surface area contributed by atoms with Crippen molar-refractivity contribution in [2.45, 2.75) is 51.6 Å². The Hall–Kier alpha value is -4.99. The first-order valence-electron chi connectivity index (χ1n) is 16.1. The zero-order valence-corrected chi connectivity index (χ0v) is 27.7. The lowest BCUT2D eigenvalue weighted by Crippen LogP contribution is -2.63. The minimum atomic E-state index is -0.841. The predicted molar refractivity (Wildman–Crippen MR) is 178 cm³/mol. The van der Waals surface area contributed by atoms with Crippen molar-refractivity contribution in [1.29, 1.82) is 0 Å². The van der Waals surface area contributed by atoms with Gasteiger partial charge in [-0.05, 0) is 55.6 Å². The molecule has 1 saturated heterocycles. The van der Waals surface area contributed by atoms with E-state index >= 15 is 0 Å². The van der Waals surface area contributed by atoms with Crippen molar-refractivity contribution in [1.82, 2.24) is 9.80 Å². The molecule has 0 unspecified atom stereocenters. The van der Waals surface area contributed by atoms with E-state index in [0.717, 1.165) is 27.8 Å². The van der Waals surface area contributed by atoms with Gasteiger partial charge in [-0.3, -0.25) is 19.3 Å². The average molecular weight is 647 g/mol. The Labute approximate surface area is 280 Å². The van der Waals surface area contributed by atoms with Crippen LogP contribution in [0.1, 0.15) is 40.8 Å². The quantitative estimate of drug-likeness (QED) is 0.294. The number of carbonyl (C=O) groups is 3. The molecule has 9 nitrogen and oxygen atoms in total. The fourth-order valence-electron chi connectivity index (χ4n) is 7.56. The summed E-state index contributed by atoms with van der Waals surface area (Å²) in [5.74, 6) is 0.337. The van der Waals surface area contributed by atoms with Crippen LogP contribution in [-0.2, 0) is 43.5 Å². The van der Waals surface area contributed by atoms with Gasteiger partial charge in [-0.15, -0.1) is 0 Å². The van der Waals surface area contributed by atoms with E-state index in [1.807, 2.05) is 79.5 Å². The topological polar surface area (TPSA) is 94.6 Å². The largest absolute Gasteiger partial charge is 0.493 e. The number of likely N-dealkylation sites (N-methyl/N-ethyl adjacent to an activating group) is 1. The second-order valence-electron chi connectivity index (χ2n) is 12.6. The number of fused-ring (bicyclic) bond motifs is 6. The third-order valence-electron chi connectivity index (χ3n) is 9.84. The summed E-state index contributed by atoms with van der Waals surface area (Å²) in [5.41, 5.74) is 6.03. The molecule has 3 aliphatic heterocycles. The Morgan fingerprint density at radius 3 is 2.15 bits per heavy atom. The second kappa shape index (κ2) is 12.6. The Bertz CT molecular complexity index is 1910. The Balaban J connectivity index is 1.37. The second-order valence-corrected chi connectivity index (χ2v) is 12.6. The molecule has 3 heterocycles. The molecule has 0 N–H and O–H groups in total. The molecule has 3 aromatic rings. The summed E-state index contributed by atoms with van der Waals surface area (Å²) in [4.78, 5) is 46.3. The SMILES string of the molecule is COC1=C(C)C(=O)C2=C(C1=O)[C@H](COCc1ccccc1)N1C(=O)[C@@H]3Cc4cc(C)c(OC)c(OCc5ccccc5)c4[C@H](C1=C2)N3C. The average Bonchev–Trinajstić information content (AvgIpc) is 3.09. The smallest absolute Gasteiger partial charge is 0.245 e. The molecule has 0 radical (unpaired) electrons. The first kappa shape index (κ1) is 31.6. The van der Waals surface area contributed by atoms with E-state index in [0.29, 0.717) is 30.2 Å². The molecule has 2 bridgehead atoms. The molecule has 4 aliphatic rings. The minimum absolute atomic E-state index is 0.00687. The highest BCUT2D eigenvalue weighted by Crippen LogP contribution is 2.53. The van der Waals surface area contributed by atoms with E-state index in [2.05, 4.69) is 6.07 Å². The Morgan fingerprint density at radius 2 is 1.50 bits per heavy atom. The molecular weight excluding hydrogens is 608 g/mol. The van der Waals surface area contributed by atoms with Crippen molar-refractivity contribution >= 4 is 17.5 Å². The Kier molecular flexibility index (Phi) is 8.27. The molecule has 0 aromatic heterocycles. The first-order valence-corrected chi connectivity index (χ1v) is 16.1. The normalized spacial score (nSPS) is 21.9. The van der Waals surface area contributed by atoms with Crippen molar-refractivity contribution < 1.29 is 33.3 Å². The van der Waals surface area contributed by atoms with Gasteiger partial charge in [0, 0.05) is 28.0 Å². The monoisotopic (exact) mass is 646 g/mol. The van der Waals surface area contributed by atoms with Crippen LogP contribution in [0.2, 0.25) is 0 Å². The van der Waals surface area contributed by atoms with Crippen LogP contribution >= 0.6 is 0 Å². The molecule has 246 valence electrons. The third-order valence-corrected chi connectivity index (χ3v) is 9.84. The number of hydrogen-bond acceptors (Lipinski definition) is 8. The van der Waals surface area contributed by atoms with Crippen molar-refractivity contribution in [2.75, 3.05) is 27.9 Å². The Morgan fingerprint density at radius 1 is 0.833 bits per heavy atom. The van der Waals surface area contributed by atoms with E-state index in [4.69, 9.17) is 18.9 Å². The molecule has 7 rings (SSSR count). The van der Waals surface area contributed by atoms with Gasteiger partial charge in [0.05, 0.1) is 45.6 Å². The number of carbonyl (C=O) groups excluding carboxylic acids is 3. The van der Waals surface area contributed by atoms with Crippen LogP contribution in [0.15, 0.2) is 101 Å². The van der Waals surface area contributed by atoms with Gasteiger partial charge in [-0.1, -0.05) is 66.7 Å². The number of Topliss-reactive ketones (excluding diaryl/α,β-unsaturated/α-hetero) is 2. The third kappa shape index (κ3) is 5.05. The van der Waals surface area contributed by atoms with Crippen molar-refractivity contribution in [2.24, 2.45) is 0 Å². The summed E-state index contributed by atoms with van der Waals surface area (Å²) in [6.07, 6.45) is 2.16. The highest BCUT2D eigenvalue weighted by atomic mass is 16.5. The lowest BCUT2D eigenvalue weighted by Gasteiger charge is -2.53. The van der Waals surface area contributed by atoms with E-state index in [9.17, 15) is 14.4 Å². The first-order chi connectivity index (χ1) is 23.2. The van der Waals surface area contributed by atoms with Crippen LogP contribution < -0.4 is 9.47 Å². The molecule has 1 fully saturated rings. The summed E-state index contributed by atoms with van der Waals surface area (Å²) < 4.78 is 24.2. The summed E-state index contributed by atoms with van der Waals surface area (Å²) in [5, 5.41) is 0. The van der Waals surface area contributed by atoms with Gasteiger partial charge < -0.3 is 23.8 Å². The maximum absolute atomic E-state index is 14.6. The van der Waals surface area contributed by atoms with Crippen molar-refractivity contribution in [3.63, 3.8) is 0 Å². The summed E-state index contributed by atoms with van der Waals surface area (Å²) in [6.45, 7) is 4.18. The van der Waals surface area contributed by atoms with Crippen LogP contribution in [0.3, 0.4) is 0 Å². The molecule has 48 heavy (non-hydrogen) atoms. The van der Waals surface area contributed by atoms with Crippen LogP contribution in [0, 0.1) is 6.92 Å². The van der Waals surface area contributed by atoms with Crippen LogP contribution in [-0.4, -0.2) is 67.2 Å². The van der Waals surface area contributed by atoms with E-state index in [-0.39, 0.29) is 47.4 Å². The molecule has 0 spiro atoms. The fraction of sp³-hybridized carbons (Fsp3) is 0.308. The van der Waals surface area contributed by atoms with Crippen molar-refractivity contribution in [3.05, 3.63) is 129 Å². The van der Waals surface area contributed by atoms with Gasteiger partial charge in [0.25, 0.3) is 0 Å². The van der Waals surface area contributed by atoms with Gasteiger partial charge in [0.2, 0.25) is 11.7 Å². The maximum Gasteiger partial charge on any atom is 0.245 e. The lowest BCUT2D eigenvalue weighted by molar-refractivity contribution is -0.144. The van der Waals surface area contributed by atoms with Crippen LogP contribution in [0.5, 0.6) is 11.5 Å². The summed E-state index contributed by atoms with van der Waals surface area (Å²) in [7, 11) is 4.94. The number of hydrogen-bond donors (Lipinski definition) is 0. The van der Waals surface area contributed by atoms with E-state index in [1.54, 1.807) is 25.0 Å². The van der Waals surface area contributed by atoms with Crippen LogP contribution in [0.4, 0.5) is 0 Å². The maximum atomic E-state index is 14.6. The zero-order valence-electron chi connectivity index (χ0n) is 27.7. The number of allylic oxidation sites excluding steroid dienone is 4. The summed E-state index contributed by atoms with van der Waals surface area (Å²) in [6, 6.07) is 19.9. The molecule has 9 heteroatoms. The number of piperazine rings is 1. The fourth-order valence-corrected chi connectivity index (χ4v) is 7.56. The number of benzene rings is 3. The molecule has 0 saturated carbocycles. The number of ketones is 2. The van der Waals surface area contributed by atoms with E-state index in [1.165, 1.54) is 7.11 Å². The molecule has 1 amide bonds. The van der Waals surface area contributed by atoms with E-state index < -0.39 is 23.9 Å². The molecular formula is C39H38N2O7. The van der Waals surface area contributed by atoms with Gasteiger partial charge in [-0.25, -0.2) is 0 Å². The van der Waals surface area contributed by atoms with Gasteiger partial charge in [0.1, 0.15) is 6.61 Å². The van der Waals surface area contributed by atoms with Gasteiger partial charge in [-0.2, -0.15) is 0 Å². The zero-order chi connectivity index (χ0) is 33.7. The minimum Gasteiger partial charge on any atom is -0.493 e. The van der Waals surface area contributed by atoms with Crippen molar-refractivity contribution in [3.8, 4) is 11.5 Å². The highest BCUT2D eigenvalue weighted by molar-refractivity contribution is 6.26. The number of rotatable bonds is 9. The predicted octanol–water partition coefficient (Wildman–Crippen LogP) is 5.17. The van der Waals surface area contributed by atoms with Crippen LogP contribution in [0.25, 0.3) is 0 Å². The summed E-state index contributed by atoms with van der Waals surface area (Å²) >= 11 is 0. The number of ether oxygens (including phenoxy) is 4. The number of methoxy groups -OCH3 is 2. The molecule has 3 atom stereocenters. The standard InChI is InChI=1S/C39H38N2O7/c1-22-16-26-17-29-39(44)41-28(33(40(29)3)31(26)38(36(22)45-4)48-20-25-14-10-7-11-15-25)18-27-32(35(43)37(46-5)23(2)34(27)42)30(41)21-47-19-24-12-8-6-9-13-24/h6-16,18,29-30,33H,17,19-21H2,1-5H3/t29-,30-,33-/m0/s1. The number of aryl methyl sites for hydroxylation is 1. The lowest BCUT2D eigenvalue weighted by atomic mass is 9.75. The molecule has 3 aromatic carbocycles. The van der Waals surface area contributed by atoms with Gasteiger partial charge >= 0.3 is 0 Å². The number of nitrogens with zero attached hydrogens (tertiary/aromatic N) is 2. The molecule has 1 aliphatic carbocycles. The highest BCUT2D eigenvalue weighted by Gasteiger charge is 2.54. The number of amides is 1. The van der Waals surface area contributed by atoms with Gasteiger partial charge in [0.15, 0.2) is 23.0 Å².